The average Bonchev–Trinajstić information content (AvgIpc) is 2.79. The van der Waals surface area contributed by atoms with Gasteiger partial charge in [-0.15, -0.1) is 0 Å². The number of carbonyl (C=O) groups excluding carboxylic acids is 1. The molecule has 158 valence electrons. The average molecular weight is 437 g/mol. The van der Waals surface area contributed by atoms with Crippen LogP contribution in [0.15, 0.2) is 89.8 Å². The van der Waals surface area contributed by atoms with E-state index in [4.69, 9.17) is 4.74 Å². The number of nitro groups is 1. The van der Waals surface area contributed by atoms with E-state index in [1.807, 2.05) is 0 Å². The first-order valence-electron chi connectivity index (χ1n) is 9.65. The second kappa shape index (κ2) is 8.31. The fraction of sp³-hybridized carbons (Fsp3) is 0.174. The van der Waals surface area contributed by atoms with E-state index >= 15 is 0 Å². The van der Waals surface area contributed by atoms with E-state index in [9.17, 15) is 23.3 Å². The molecular weight excluding hydrogens is 418 g/mol. The summed E-state index contributed by atoms with van der Waals surface area (Å²) in [6, 6.07) is 22.4. The molecule has 0 spiro atoms. The van der Waals surface area contributed by atoms with E-state index in [1.54, 1.807) is 48.5 Å². The van der Waals surface area contributed by atoms with Crippen molar-refractivity contribution in [1.82, 2.24) is 0 Å². The van der Waals surface area contributed by atoms with Gasteiger partial charge in [-0.25, -0.2) is 8.42 Å². The quantitative estimate of drug-likeness (QED) is 0.336. The molecule has 0 radical (unpaired) electrons. The summed E-state index contributed by atoms with van der Waals surface area (Å²) < 4.78 is 33.1. The third-order valence-electron chi connectivity index (χ3n) is 5.43. The standard InChI is InChI=1S/C23H19NO6S/c25-21-15-20(16-11-13-18(14-12-16)24(26)27)23(22(30-21)17-7-3-1-4-8-17)31(28,29)19-9-5-2-6-10-19/h1-14,20,22-23H,15H2/t20-,22-,23-/m0/s1. The Bertz CT molecular complexity index is 1190. The van der Waals surface area contributed by atoms with Gasteiger partial charge in [0.25, 0.3) is 5.69 Å². The van der Waals surface area contributed by atoms with Crippen LogP contribution >= 0.6 is 0 Å². The van der Waals surface area contributed by atoms with Crippen molar-refractivity contribution in [3.8, 4) is 0 Å². The lowest BCUT2D eigenvalue weighted by Crippen LogP contribution is -2.42. The Morgan fingerprint density at radius 1 is 0.839 bits per heavy atom. The molecule has 4 rings (SSSR count). The van der Waals surface area contributed by atoms with Crippen molar-refractivity contribution in [2.45, 2.75) is 28.6 Å². The number of benzene rings is 3. The maximum atomic E-state index is 13.7. The van der Waals surface area contributed by atoms with Crippen LogP contribution in [-0.4, -0.2) is 24.6 Å². The zero-order valence-electron chi connectivity index (χ0n) is 16.3. The van der Waals surface area contributed by atoms with Gasteiger partial charge in [0, 0.05) is 18.1 Å². The first-order valence-corrected chi connectivity index (χ1v) is 11.2. The van der Waals surface area contributed by atoms with Crippen molar-refractivity contribution in [2.75, 3.05) is 0 Å². The molecule has 0 bridgehead atoms. The normalized spacial score (nSPS) is 21.3. The largest absolute Gasteiger partial charge is 0.456 e. The van der Waals surface area contributed by atoms with Crippen LogP contribution in [0.1, 0.15) is 29.6 Å². The number of esters is 1. The van der Waals surface area contributed by atoms with Crippen molar-refractivity contribution >= 4 is 21.5 Å². The Kier molecular flexibility index (Phi) is 5.56. The molecule has 31 heavy (non-hydrogen) atoms. The highest BCUT2D eigenvalue weighted by atomic mass is 32.2. The van der Waals surface area contributed by atoms with Crippen LogP contribution in [0.2, 0.25) is 0 Å². The molecule has 3 atom stereocenters. The lowest BCUT2D eigenvalue weighted by Gasteiger charge is -2.37. The van der Waals surface area contributed by atoms with Crippen molar-refractivity contribution in [1.29, 1.82) is 0 Å². The summed E-state index contributed by atoms with van der Waals surface area (Å²) in [5.41, 5.74) is 1.00. The lowest BCUT2D eigenvalue weighted by atomic mass is 9.85. The summed E-state index contributed by atoms with van der Waals surface area (Å²) in [7, 11) is -3.92. The summed E-state index contributed by atoms with van der Waals surface area (Å²) in [6.07, 6.45) is -1.15. The van der Waals surface area contributed by atoms with Gasteiger partial charge in [0.15, 0.2) is 9.84 Å². The second-order valence-corrected chi connectivity index (χ2v) is 9.41. The van der Waals surface area contributed by atoms with E-state index in [-0.39, 0.29) is 17.0 Å². The number of hydrogen-bond donors (Lipinski definition) is 0. The van der Waals surface area contributed by atoms with Gasteiger partial charge >= 0.3 is 5.97 Å². The molecule has 0 saturated carbocycles. The van der Waals surface area contributed by atoms with Crippen LogP contribution in [0.25, 0.3) is 0 Å². The number of rotatable bonds is 5. The molecule has 1 aliphatic heterocycles. The fourth-order valence-corrected chi connectivity index (χ4v) is 6.04. The maximum Gasteiger partial charge on any atom is 0.307 e. The van der Waals surface area contributed by atoms with Crippen LogP contribution in [0.4, 0.5) is 5.69 Å². The summed E-state index contributed by atoms with van der Waals surface area (Å²) >= 11 is 0. The van der Waals surface area contributed by atoms with E-state index < -0.39 is 38.0 Å². The molecule has 8 heteroatoms. The zero-order valence-corrected chi connectivity index (χ0v) is 17.1. The SMILES string of the molecule is O=C1C[C@@H](c2ccc([N+](=O)[O-])cc2)[C@H](S(=O)(=O)c2ccccc2)[C@H](c2ccccc2)O1. The lowest BCUT2D eigenvalue weighted by molar-refractivity contribution is -0.384. The number of non-ortho nitro benzene ring substituents is 1. The van der Waals surface area contributed by atoms with Crippen LogP contribution in [0.5, 0.6) is 0 Å². The summed E-state index contributed by atoms with van der Waals surface area (Å²) in [6.45, 7) is 0. The molecule has 1 heterocycles. The number of cyclic esters (lactones) is 1. The van der Waals surface area contributed by atoms with Gasteiger partial charge in [0.2, 0.25) is 0 Å². The summed E-state index contributed by atoms with van der Waals surface area (Å²) in [5, 5.41) is 9.94. The first kappa shape index (κ1) is 20.7. The van der Waals surface area contributed by atoms with Crippen molar-refractivity contribution in [3.63, 3.8) is 0 Å². The van der Waals surface area contributed by atoms with Gasteiger partial charge in [0.05, 0.1) is 16.2 Å². The fourth-order valence-electron chi connectivity index (χ4n) is 3.96. The highest BCUT2D eigenvalue weighted by molar-refractivity contribution is 7.92. The van der Waals surface area contributed by atoms with E-state index in [2.05, 4.69) is 0 Å². The highest BCUT2D eigenvalue weighted by Crippen LogP contribution is 2.44. The van der Waals surface area contributed by atoms with Crippen LogP contribution < -0.4 is 0 Å². The Morgan fingerprint density at radius 2 is 1.42 bits per heavy atom. The van der Waals surface area contributed by atoms with Crippen LogP contribution in [-0.2, 0) is 19.4 Å². The molecule has 3 aromatic rings. The number of carbonyl (C=O) groups is 1. The molecule has 1 fully saturated rings. The molecule has 1 saturated heterocycles. The molecule has 7 nitrogen and oxygen atoms in total. The number of nitro benzene ring substituents is 1. The van der Waals surface area contributed by atoms with Gasteiger partial charge in [-0.2, -0.15) is 0 Å². The summed E-state index contributed by atoms with van der Waals surface area (Å²) in [5.74, 6) is -1.24. The van der Waals surface area contributed by atoms with Gasteiger partial charge in [0.1, 0.15) is 11.4 Å². The predicted molar refractivity (Wildman–Crippen MR) is 113 cm³/mol. The molecular formula is C23H19NO6S. The Labute approximate surface area is 179 Å². The molecule has 0 aliphatic carbocycles. The number of sulfone groups is 1. The van der Waals surface area contributed by atoms with Crippen LogP contribution in [0.3, 0.4) is 0 Å². The van der Waals surface area contributed by atoms with E-state index in [0.717, 1.165) is 0 Å². The van der Waals surface area contributed by atoms with E-state index in [0.29, 0.717) is 11.1 Å². The molecule has 0 amide bonds. The minimum atomic E-state index is -3.92. The first-order chi connectivity index (χ1) is 14.9. The number of hydrogen-bond acceptors (Lipinski definition) is 6. The number of nitrogens with zero attached hydrogens (tertiary/aromatic N) is 1. The van der Waals surface area contributed by atoms with Gasteiger partial charge in [-0.3, -0.25) is 14.9 Å². The van der Waals surface area contributed by atoms with Crippen molar-refractivity contribution < 1.29 is 22.9 Å². The monoisotopic (exact) mass is 437 g/mol. The minimum absolute atomic E-state index is 0.107. The molecule has 0 aromatic heterocycles. The van der Waals surface area contributed by atoms with Crippen LogP contribution in [0, 0.1) is 10.1 Å². The maximum absolute atomic E-state index is 13.7. The minimum Gasteiger partial charge on any atom is -0.456 e. The number of ether oxygens (including phenoxy) is 1. The zero-order chi connectivity index (χ0) is 22.0. The predicted octanol–water partition coefficient (Wildman–Crippen LogP) is 4.21. The van der Waals surface area contributed by atoms with Crippen molar-refractivity contribution in [2.24, 2.45) is 0 Å². The topological polar surface area (TPSA) is 104 Å². The molecule has 1 aliphatic rings. The van der Waals surface area contributed by atoms with Crippen molar-refractivity contribution in [3.05, 3.63) is 106 Å². The van der Waals surface area contributed by atoms with Gasteiger partial charge in [-0.1, -0.05) is 60.7 Å². The third-order valence-corrected chi connectivity index (χ3v) is 7.65. The van der Waals surface area contributed by atoms with Gasteiger partial charge < -0.3 is 4.74 Å². The van der Waals surface area contributed by atoms with E-state index in [1.165, 1.54) is 36.4 Å². The molecule has 0 unspecified atom stereocenters. The smallest absolute Gasteiger partial charge is 0.307 e. The third kappa shape index (κ3) is 4.06. The Hall–Kier alpha value is -3.52. The summed E-state index contributed by atoms with van der Waals surface area (Å²) in [4.78, 5) is 23.1. The second-order valence-electron chi connectivity index (χ2n) is 7.30. The molecule has 3 aromatic carbocycles. The Balaban J connectivity index is 1.86. The highest BCUT2D eigenvalue weighted by Gasteiger charge is 2.48. The Morgan fingerprint density at radius 3 is 2.00 bits per heavy atom. The van der Waals surface area contributed by atoms with Gasteiger partial charge in [-0.05, 0) is 23.3 Å². The molecule has 0 N–H and O–H groups in total.